The zero-order chi connectivity index (χ0) is 16.1. The molecule has 2 aromatic heterocycles. The van der Waals surface area contributed by atoms with Gasteiger partial charge in [0, 0.05) is 12.4 Å². The molecule has 5 nitrogen and oxygen atoms in total. The number of nitrogens with one attached hydrogen (secondary N) is 2. The molecular formula is C16H13Cl2N5. The second-order valence-corrected chi connectivity index (χ2v) is 5.48. The second kappa shape index (κ2) is 7.26. The first-order valence-corrected chi connectivity index (χ1v) is 7.66. The molecule has 0 fully saturated rings. The third-order valence-electron chi connectivity index (χ3n) is 3.03. The van der Waals surface area contributed by atoms with Crippen LogP contribution >= 0.6 is 23.2 Å². The van der Waals surface area contributed by atoms with Crippen molar-refractivity contribution in [2.75, 3.05) is 10.6 Å². The highest BCUT2D eigenvalue weighted by Crippen LogP contribution is 2.31. The van der Waals surface area contributed by atoms with Crippen molar-refractivity contribution in [3.63, 3.8) is 0 Å². The summed E-state index contributed by atoms with van der Waals surface area (Å²) >= 11 is 12.3. The smallest absolute Gasteiger partial charge is 0.229 e. The van der Waals surface area contributed by atoms with E-state index in [1.165, 1.54) is 0 Å². The number of hydrogen-bond donors (Lipinski definition) is 2. The van der Waals surface area contributed by atoms with Crippen LogP contribution in [-0.2, 0) is 6.54 Å². The van der Waals surface area contributed by atoms with Crippen LogP contribution in [0.2, 0.25) is 10.0 Å². The predicted molar refractivity (Wildman–Crippen MR) is 93.3 cm³/mol. The van der Waals surface area contributed by atoms with Gasteiger partial charge in [-0.15, -0.1) is 0 Å². The fourth-order valence-electron chi connectivity index (χ4n) is 1.93. The molecule has 0 radical (unpaired) electrons. The number of hydrogen-bond acceptors (Lipinski definition) is 5. The molecule has 2 N–H and O–H groups in total. The third-order valence-corrected chi connectivity index (χ3v) is 3.66. The van der Waals surface area contributed by atoms with Gasteiger partial charge >= 0.3 is 0 Å². The summed E-state index contributed by atoms with van der Waals surface area (Å²) in [7, 11) is 0. The Kier molecular flexibility index (Phi) is 4.90. The van der Waals surface area contributed by atoms with Crippen LogP contribution in [0.4, 0.5) is 17.5 Å². The number of aromatic nitrogens is 3. The first-order chi connectivity index (χ1) is 11.2. The van der Waals surface area contributed by atoms with E-state index in [-0.39, 0.29) is 0 Å². The number of anilines is 3. The number of pyridine rings is 1. The van der Waals surface area contributed by atoms with Gasteiger partial charge in [-0.1, -0.05) is 35.3 Å². The van der Waals surface area contributed by atoms with Crippen molar-refractivity contribution < 1.29 is 0 Å². The highest BCUT2D eigenvalue weighted by Gasteiger charge is 2.07. The van der Waals surface area contributed by atoms with Gasteiger partial charge in [-0.3, -0.25) is 4.98 Å². The predicted octanol–water partition coefficient (Wildman–Crippen LogP) is 4.53. The van der Waals surface area contributed by atoms with E-state index in [1.54, 1.807) is 36.7 Å². The van der Waals surface area contributed by atoms with E-state index in [2.05, 4.69) is 25.6 Å². The minimum absolute atomic E-state index is 0.408. The SMILES string of the molecule is Clc1cccc(Cl)c1Nc1nccc(NCc2ccccn2)n1. The lowest BCUT2D eigenvalue weighted by molar-refractivity contribution is 1.02. The van der Waals surface area contributed by atoms with E-state index >= 15 is 0 Å². The minimum Gasteiger partial charge on any atom is -0.364 e. The molecular weight excluding hydrogens is 333 g/mol. The van der Waals surface area contributed by atoms with Crippen molar-refractivity contribution in [2.24, 2.45) is 0 Å². The molecule has 7 heteroatoms. The van der Waals surface area contributed by atoms with Gasteiger partial charge in [-0.05, 0) is 30.3 Å². The topological polar surface area (TPSA) is 62.7 Å². The van der Waals surface area contributed by atoms with Crippen LogP contribution in [0.25, 0.3) is 0 Å². The fraction of sp³-hybridized carbons (Fsp3) is 0.0625. The monoisotopic (exact) mass is 345 g/mol. The molecule has 3 rings (SSSR count). The molecule has 0 bridgehead atoms. The summed E-state index contributed by atoms with van der Waals surface area (Å²) in [6, 6.07) is 12.8. The van der Waals surface area contributed by atoms with E-state index in [0.29, 0.717) is 34.0 Å². The van der Waals surface area contributed by atoms with E-state index in [1.807, 2.05) is 18.2 Å². The van der Waals surface area contributed by atoms with Gasteiger partial charge in [0.25, 0.3) is 0 Å². The summed E-state index contributed by atoms with van der Waals surface area (Å²) in [6.45, 7) is 0.574. The molecule has 116 valence electrons. The van der Waals surface area contributed by atoms with Gasteiger partial charge in [-0.25, -0.2) is 4.98 Å². The van der Waals surface area contributed by atoms with E-state index < -0.39 is 0 Å². The lowest BCUT2D eigenvalue weighted by atomic mass is 10.3. The summed E-state index contributed by atoms with van der Waals surface area (Å²) in [5.74, 6) is 1.09. The molecule has 23 heavy (non-hydrogen) atoms. The maximum atomic E-state index is 6.13. The Morgan fingerprint density at radius 1 is 0.870 bits per heavy atom. The molecule has 1 aromatic carbocycles. The molecule has 0 aliphatic carbocycles. The zero-order valence-corrected chi connectivity index (χ0v) is 13.5. The Bertz CT molecular complexity index is 775. The van der Waals surface area contributed by atoms with Crippen molar-refractivity contribution in [3.8, 4) is 0 Å². The normalized spacial score (nSPS) is 10.3. The summed E-state index contributed by atoms with van der Waals surface area (Å²) in [4.78, 5) is 12.8. The maximum absolute atomic E-state index is 6.13. The van der Waals surface area contributed by atoms with Gasteiger partial charge in [0.05, 0.1) is 28.0 Å². The van der Waals surface area contributed by atoms with Crippen molar-refractivity contribution in [1.82, 2.24) is 15.0 Å². The first kappa shape index (κ1) is 15.5. The van der Waals surface area contributed by atoms with Crippen molar-refractivity contribution in [3.05, 3.63) is 70.6 Å². The standard InChI is InChI=1S/C16H13Cl2N5/c17-12-5-3-6-13(18)15(12)23-16-20-9-7-14(22-16)21-10-11-4-1-2-8-19-11/h1-9H,10H2,(H2,20,21,22,23). The molecule has 0 unspecified atom stereocenters. The average molecular weight is 346 g/mol. The van der Waals surface area contributed by atoms with Gasteiger partial charge < -0.3 is 10.6 Å². The summed E-state index contributed by atoms with van der Waals surface area (Å²) < 4.78 is 0. The van der Waals surface area contributed by atoms with E-state index in [4.69, 9.17) is 23.2 Å². The largest absolute Gasteiger partial charge is 0.364 e. The number of rotatable bonds is 5. The van der Waals surface area contributed by atoms with Crippen molar-refractivity contribution in [1.29, 1.82) is 0 Å². The molecule has 0 aliphatic heterocycles. The number of nitrogens with zero attached hydrogens (tertiary/aromatic N) is 3. The number of benzene rings is 1. The van der Waals surface area contributed by atoms with Crippen LogP contribution in [0, 0.1) is 0 Å². The quantitative estimate of drug-likeness (QED) is 0.710. The van der Waals surface area contributed by atoms with Crippen molar-refractivity contribution >= 4 is 40.7 Å². The highest BCUT2D eigenvalue weighted by atomic mass is 35.5. The van der Waals surface area contributed by atoms with Gasteiger partial charge in [0.15, 0.2) is 0 Å². The van der Waals surface area contributed by atoms with Crippen molar-refractivity contribution in [2.45, 2.75) is 6.54 Å². The molecule has 0 aliphatic rings. The van der Waals surface area contributed by atoms with Crippen LogP contribution in [0.3, 0.4) is 0 Å². The minimum atomic E-state index is 0.408. The molecule has 0 saturated heterocycles. The fourth-order valence-corrected chi connectivity index (χ4v) is 2.42. The number of halogens is 2. The second-order valence-electron chi connectivity index (χ2n) is 4.66. The van der Waals surface area contributed by atoms with Crippen LogP contribution in [-0.4, -0.2) is 15.0 Å². The lowest BCUT2D eigenvalue weighted by Crippen LogP contribution is -2.05. The average Bonchev–Trinajstić information content (AvgIpc) is 2.58. The zero-order valence-electron chi connectivity index (χ0n) is 12.0. The third kappa shape index (κ3) is 4.09. The Balaban J connectivity index is 1.72. The van der Waals surface area contributed by atoms with Gasteiger partial charge in [-0.2, -0.15) is 4.98 Å². The van der Waals surface area contributed by atoms with E-state index in [0.717, 1.165) is 5.69 Å². The van der Waals surface area contributed by atoms with Gasteiger partial charge in [0.2, 0.25) is 5.95 Å². The molecule has 2 heterocycles. The Hall–Kier alpha value is -2.37. The number of para-hydroxylation sites is 1. The van der Waals surface area contributed by atoms with E-state index in [9.17, 15) is 0 Å². The summed E-state index contributed by atoms with van der Waals surface area (Å²) in [5.41, 5.74) is 1.51. The first-order valence-electron chi connectivity index (χ1n) is 6.90. The van der Waals surface area contributed by atoms with Crippen LogP contribution in [0.5, 0.6) is 0 Å². The van der Waals surface area contributed by atoms with Crippen LogP contribution in [0.15, 0.2) is 54.9 Å². The summed E-state index contributed by atoms with van der Waals surface area (Å²) in [5, 5.41) is 7.25. The summed E-state index contributed by atoms with van der Waals surface area (Å²) in [6.07, 6.45) is 3.41. The highest BCUT2D eigenvalue weighted by molar-refractivity contribution is 6.39. The molecule has 0 amide bonds. The molecule has 0 spiro atoms. The molecule has 3 aromatic rings. The van der Waals surface area contributed by atoms with Crippen LogP contribution < -0.4 is 10.6 Å². The molecule has 0 saturated carbocycles. The lowest BCUT2D eigenvalue weighted by Gasteiger charge is -2.10. The Labute approximate surface area is 143 Å². The maximum Gasteiger partial charge on any atom is 0.229 e. The Morgan fingerprint density at radius 3 is 2.43 bits per heavy atom. The van der Waals surface area contributed by atoms with Crippen LogP contribution in [0.1, 0.15) is 5.69 Å². The molecule has 0 atom stereocenters. The van der Waals surface area contributed by atoms with Gasteiger partial charge in [0.1, 0.15) is 5.82 Å². The Morgan fingerprint density at radius 2 is 1.70 bits per heavy atom.